The molecule has 180 valence electrons. The number of hydrogen-bond donors (Lipinski definition) is 0. The molecule has 0 heterocycles. The summed E-state index contributed by atoms with van der Waals surface area (Å²) in [7, 11) is 4.60. The predicted octanol–water partition coefficient (Wildman–Crippen LogP) is 7.39. The molecule has 0 aliphatic rings. The SMILES string of the molecule is Cc1cc(C)cc(C[N+](C)(C)CCCCN(C(=O)c2cccc(Br)c2)c2cc(C)cc(C)c2)c1. The normalized spacial score (nSPS) is 11.5. The number of quaternary nitrogens is 1. The van der Waals surface area contributed by atoms with Gasteiger partial charge in [0.1, 0.15) is 6.54 Å². The van der Waals surface area contributed by atoms with Crippen molar-refractivity contribution in [3.8, 4) is 0 Å². The number of amides is 1. The highest BCUT2D eigenvalue weighted by molar-refractivity contribution is 9.10. The molecule has 3 aromatic carbocycles. The second kappa shape index (κ2) is 11.3. The Bertz CT molecular complexity index is 1110. The molecule has 0 N–H and O–H groups in total. The summed E-state index contributed by atoms with van der Waals surface area (Å²) in [5.74, 6) is 0.0512. The van der Waals surface area contributed by atoms with E-state index in [9.17, 15) is 4.79 Å². The fraction of sp³-hybridized carbons (Fsp3) is 0.367. The molecule has 3 aromatic rings. The van der Waals surface area contributed by atoms with E-state index in [4.69, 9.17) is 0 Å². The first-order valence-electron chi connectivity index (χ1n) is 12.1. The van der Waals surface area contributed by atoms with Crippen LogP contribution in [0.25, 0.3) is 0 Å². The molecule has 0 atom stereocenters. The first kappa shape index (κ1) is 26.2. The Morgan fingerprint density at radius 3 is 2.00 bits per heavy atom. The highest BCUT2D eigenvalue weighted by Crippen LogP contribution is 2.23. The van der Waals surface area contributed by atoms with E-state index in [1.165, 1.54) is 27.8 Å². The van der Waals surface area contributed by atoms with Crippen LogP contribution in [0.4, 0.5) is 5.69 Å². The van der Waals surface area contributed by atoms with Gasteiger partial charge < -0.3 is 9.38 Å². The highest BCUT2D eigenvalue weighted by Gasteiger charge is 2.20. The molecular weight excluding hydrogens is 484 g/mol. The van der Waals surface area contributed by atoms with E-state index in [1.807, 2.05) is 29.2 Å². The van der Waals surface area contributed by atoms with Gasteiger partial charge in [0, 0.05) is 27.8 Å². The lowest BCUT2D eigenvalue weighted by molar-refractivity contribution is -0.903. The van der Waals surface area contributed by atoms with Gasteiger partial charge in [0.15, 0.2) is 0 Å². The standard InChI is InChI=1S/C30H38BrN2O/c1-22-14-23(2)17-26(16-22)21-33(5,6)13-8-7-12-32(29-18-24(3)15-25(4)19-29)30(34)27-10-9-11-28(31)20-27/h9-11,14-20H,7-8,12-13,21H2,1-6H3/q+1. The van der Waals surface area contributed by atoms with Crippen molar-refractivity contribution in [2.45, 2.75) is 47.1 Å². The zero-order valence-corrected chi connectivity index (χ0v) is 23.1. The average molecular weight is 523 g/mol. The van der Waals surface area contributed by atoms with E-state index in [0.717, 1.165) is 40.6 Å². The molecule has 3 rings (SSSR count). The number of carbonyl (C=O) groups excluding carboxylic acids is 1. The molecule has 0 saturated heterocycles. The molecule has 0 aliphatic carbocycles. The third-order valence-electron chi connectivity index (χ3n) is 6.12. The lowest BCUT2D eigenvalue weighted by Gasteiger charge is -2.31. The van der Waals surface area contributed by atoms with Crippen molar-refractivity contribution >= 4 is 27.5 Å². The van der Waals surface area contributed by atoms with E-state index in [-0.39, 0.29) is 5.91 Å². The Morgan fingerprint density at radius 2 is 1.41 bits per heavy atom. The average Bonchev–Trinajstić information content (AvgIpc) is 2.71. The number of rotatable bonds is 9. The number of nitrogens with zero attached hydrogens (tertiary/aromatic N) is 2. The Labute approximate surface area is 214 Å². The molecule has 4 heteroatoms. The van der Waals surface area contributed by atoms with Crippen molar-refractivity contribution in [1.29, 1.82) is 0 Å². The van der Waals surface area contributed by atoms with E-state index >= 15 is 0 Å². The van der Waals surface area contributed by atoms with E-state index < -0.39 is 0 Å². The van der Waals surface area contributed by atoms with E-state index in [0.29, 0.717) is 12.1 Å². The minimum atomic E-state index is 0.0512. The summed E-state index contributed by atoms with van der Waals surface area (Å²) in [6.45, 7) is 11.3. The summed E-state index contributed by atoms with van der Waals surface area (Å²) < 4.78 is 1.86. The molecule has 0 spiro atoms. The predicted molar refractivity (Wildman–Crippen MR) is 148 cm³/mol. The smallest absolute Gasteiger partial charge is 0.258 e. The minimum absolute atomic E-state index is 0.0512. The number of benzene rings is 3. The molecule has 0 radical (unpaired) electrons. The van der Waals surface area contributed by atoms with Gasteiger partial charge >= 0.3 is 0 Å². The van der Waals surface area contributed by atoms with Crippen LogP contribution >= 0.6 is 15.9 Å². The number of anilines is 1. The Kier molecular flexibility index (Phi) is 8.72. The molecule has 34 heavy (non-hydrogen) atoms. The Morgan fingerprint density at radius 1 is 0.824 bits per heavy atom. The topological polar surface area (TPSA) is 20.3 Å². The van der Waals surface area contributed by atoms with Gasteiger partial charge in [-0.05, 0) is 82.0 Å². The van der Waals surface area contributed by atoms with Crippen LogP contribution in [0.2, 0.25) is 0 Å². The van der Waals surface area contributed by atoms with Crippen LogP contribution in [0, 0.1) is 27.7 Å². The van der Waals surface area contributed by atoms with Crippen LogP contribution in [-0.2, 0) is 6.54 Å². The number of hydrogen-bond acceptors (Lipinski definition) is 1. The van der Waals surface area contributed by atoms with Gasteiger partial charge in [-0.15, -0.1) is 0 Å². The second-order valence-corrected chi connectivity index (χ2v) is 11.2. The monoisotopic (exact) mass is 521 g/mol. The van der Waals surface area contributed by atoms with Crippen LogP contribution in [0.15, 0.2) is 65.1 Å². The van der Waals surface area contributed by atoms with Crippen molar-refractivity contribution in [3.05, 3.63) is 98.5 Å². The van der Waals surface area contributed by atoms with Crippen molar-refractivity contribution in [2.75, 3.05) is 32.1 Å². The molecule has 3 nitrogen and oxygen atoms in total. The number of unbranched alkanes of at least 4 members (excludes halogenated alkanes) is 1. The van der Waals surface area contributed by atoms with Crippen LogP contribution < -0.4 is 4.90 Å². The summed E-state index contributed by atoms with van der Waals surface area (Å²) >= 11 is 3.51. The molecule has 1 amide bonds. The summed E-state index contributed by atoms with van der Waals surface area (Å²) in [5.41, 5.74) is 8.08. The molecule has 0 saturated carbocycles. The zero-order valence-electron chi connectivity index (χ0n) is 21.5. The second-order valence-electron chi connectivity index (χ2n) is 10.3. The summed E-state index contributed by atoms with van der Waals surface area (Å²) in [4.78, 5) is 15.5. The van der Waals surface area contributed by atoms with Crippen molar-refractivity contribution < 1.29 is 9.28 Å². The third kappa shape index (κ3) is 7.54. The molecule has 0 fully saturated rings. The first-order valence-corrected chi connectivity index (χ1v) is 12.9. The summed E-state index contributed by atoms with van der Waals surface area (Å²) in [5, 5.41) is 0. The van der Waals surface area contributed by atoms with Crippen LogP contribution in [0.1, 0.15) is 51.0 Å². The maximum atomic E-state index is 13.5. The maximum absolute atomic E-state index is 13.5. The highest BCUT2D eigenvalue weighted by atomic mass is 79.9. The fourth-order valence-corrected chi connectivity index (χ4v) is 5.17. The summed E-state index contributed by atoms with van der Waals surface area (Å²) in [6, 6.07) is 20.9. The Balaban J connectivity index is 1.69. The quantitative estimate of drug-likeness (QED) is 0.212. The number of carbonyl (C=O) groups is 1. The molecule has 0 aliphatic heterocycles. The molecule has 0 bridgehead atoms. The zero-order chi connectivity index (χ0) is 24.9. The maximum Gasteiger partial charge on any atom is 0.258 e. The van der Waals surface area contributed by atoms with Crippen molar-refractivity contribution in [3.63, 3.8) is 0 Å². The number of halogens is 1. The van der Waals surface area contributed by atoms with Crippen molar-refractivity contribution in [2.24, 2.45) is 0 Å². The van der Waals surface area contributed by atoms with E-state index in [2.05, 4.69) is 94.1 Å². The van der Waals surface area contributed by atoms with Gasteiger partial charge in [-0.25, -0.2) is 0 Å². The summed E-state index contributed by atoms with van der Waals surface area (Å²) in [6.07, 6.45) is 2.02. The fourth-order valence-electron chi connectivity index (χ4n) is 4.78. The van der Waals surface area contributed by atoms with E-state index in [1.54, 1.807) is 0 Å². The molecule has 0 unspecified atom stereocenters. The number of aryl methyl sites for hydroxylation is 4. The van der Waals surface area contributed by atoms with Crippen LogP contribution in [0.3, 0.4) is 0 Å². The lowest BCUT2D eigenvalue weighted by atomic mass is 10.1. The van der Waals surface area contributed by atoms with Gasteiger partial charge in [0.05, 0.1) is 20.6 Å². The third-order valence-corrected chi connectivity index (χ3v) is 6.62. The van der Waals surface area contributed by atoms with Gasteiger partial charge in [0.2, 0.25) is 0 Å². The van der Waals surface area contributed by atoms with Gasteiger partial charge in [-0.3, -0.25) is 4.79 Å². The largest absolute Gasteiger partial charge is 0.325 e. The first-order chi connectivity index (χ1) is 16.0. The Hall–Kier alpha value is -2.43. The van der Waals surface area contributed by atoms with Crippen LogP contribution in [-0.4, -0.2) is 37.6 Å². The van der Waals surface area contributed by atoms with Gasteiger partial charge in [-0.2, -0.15) is 0 Å². The van der Waals surface area contributed by atoms with Gasteiger partial charge in [-0.1, -0.05) is 57.4 Å². The van der Waals surface area contributed by atoms with Gasteiger partial charge in [0.25, 0.3) is 5.91 Å². The van der Waals surface area contributed by atoms with Crippen molar-refractivity contribution in [1.82, 2.24) is 0 Å². The molecule has 0 aromatic heterocycles. The molecular formula is C30H38BrN2O+. The van der Waals surface area contributed by atoms with Crippen LogP contribution in [0.5, 0.6) is 0 Å². The minimum Gasteiger partial charge on any atom is -0.325 e. The lowest BCUT2D eigenvalue weighted by Crippen LogP contribution is -2.40.